The van der Waals surface area contributed by atoms with Crippen LogP contribution in [0.15, 0.2) is 12.2 Å². The van der Waals surface area contributed by atoms with E-state index >= 15 is 0 Å². The van der Waals surface area contributed by atoms with Gasteiger partial charge in [-0.05, 0) is 38.0 Å². The van der Waals surface area contributed by atoms with E-state index < -0.39 is 0 Å². The number of rotatable bonds is 1. The van der Waals surface area contributed by atoms with E-state index in [1.165, 1.54) is 19.3 Å². The third-order valence-electron chi connectivity index (χ3n) is 2.12. The average molecular weight is 136 g/mol. The second-order valence-electron chi connectivity index (χ2n) is 3.22. The summed E-state index contributed by atoms with van der Waals surface area (Å²) in [5.41, 5.74) is 0. The zero-order valence-electron chi connectivity index (χ0n) is 6.93. The van der Waals surface area contributed by atoms with Crippen LogP contribution < -0.4 is 0 Å². The summed E-state index contributed by atoms with van der Waals surface area (Å²) in [4.78, 5) is 0. The molecule has 10 heavy (non-hydrogen) atoms. The highest BCUT2D eigenvalue weighted by Gasteiger charge is 2.15. The van der Waals surface area contributed by atoms with Crippen molar-refractivity contribution in [3.05, 3.63) is 18.6 Å². The van der Waals surface area contributed by atoms with Gasteiger partial charge in [0, 0.05) is 0 Å². The van der Waals surface area contributed by atoms with Gasteiger partial charge < -0.3 is 0 Å². The topological polar surface area (TPSA) is 0 Å². The summed E-state index contributed by atoms with van der Waals surface area (Å²) in [7, 11) is 0. The average Bonchev–Trinajstić information content (AvgIpc) is 1.95. The molecule has 0 aromatic rings. The van der Waals surface area contributed by atoms with Gasteiger partial charge in [-0.3, -0.25) is 0 Å². The molecule has 0 saturated heterocycles. The summed E-state index contributed by atoms with van der Waals surface area (Å²) in [5, 5.41) is 0. The predicted octanol–water partition coefficient (Wildman–Crippen LogP) is 3.08. The highest BCUT2D eigenvalue weighted by Crippen LogP contribution is 2.27. The minimum Gasteiger partial charge on any atom is -0.0914 e. The van der Waals surface area contributed by atoms with Gasteiger partial charge >= 0.3 is 0 Å². The number of hydrogen-bond donors (Lipinski definition) is 0. The van der Waals surface area contributed by atoms with Crippen LogP contribution in [0.1, 0.15) is 33.1 Å². The van der Waals surface area contributed by atoms with E-state index in [1.807, 2.05) is 0 Å². The molecule has 0 heteroatoms. The second-order valence-corrected chi connectivity index (χ2v) is 3.22. The van der Waals surface area contributed by atoms with Crippen LogP contribution in [0.5, 0.6) is 0 Å². The Morgan fingerprint density at radius 1 is 1.40 bits per heavy atom. The maximum absolute atomic E-state index is 3.48. The molecule has 0 aliphatic heterocycles. The van der Waals surface area contributed by atoms with Crippen molar-refractivity contribution < 1.29 is 0 Å². The van der Waals surface area contributed by atoms with Crippen LogP contribution in [0.2, 0.25) is 0 Å². The molecular weight excluding hydrogens is 120 g/mol. The smallest absolute Gasteiger partial charge is 0.00963 e. The molecule has 0 bridgehead atoms. The molecule has 2 atom stereocenters. The van der Waals surface area contributed by atoms with Gasteiger partial charge in [0.1, 0.15) is 0 Å². The summed E-state index contributed by atoms with van der Waals surface area (Å²) in [6.07, 6.45) is 11.7. The van der Waals surface area contributed by atoms with Crippen molar-refractivity contribution in [3.8, 4) is 0 Å². The molecule has 1 rings (SSSR count). The van der Waals surface area contributed by atoms with Crippen molar-refractivity contribution in [1.82, 2.24) is 0 Å². The molecule has 0 N–H and O–H groups in total. The van der Waals surface area contributed by atoms with E-state index in [-0.39, 0.29) is 0 Å². The van der Waals surface area contributed by atoms with Gasteiger partial charge in [-0.15, -0.1) is 0 Å². The molecule has 0 aromatic heterocycles. The number of allylic oxidation sites excluding steroid dienone is 2. The first-order chi connectivity index (χ1) is 4.83. The molecule has 0 spiro atoms. The lowest BCUT2D eigenvalue weighted by Gasteiger charge is -2.22. The third-order valence-corrected chi connectivity index (χ3v) is 2.12. The maximum atomic E-state index is 3.48. The lowest BCUT2D eigenvalue weighted by atomic mass is 9.83. The van der Waals surface area contributed by atoms with E-state index in [9.17, 15) is 0 Å². The Morgan fingerprint density at radius 2 is 2.20 bits per heavy atom. The largest absolute Gasteiger partial charge is 0.0914 e. The Bertz CT molecular complexity index is 105. The van der Waals surface area contributed by atoms with Crippen LogP contribution in [0, 0.1) is 18.3 Å². The van der Waals surface area contributed by atoms with Crippen LogP contribution in [-0.2, 0) is 0 Å². The van der Waals surface area contributed by atoms with Gasteiger partial charge in [-0.2, -0.15) is 0 Å². The van der Waals surface area contributed by atoms with E-state index in [1.54, 1.807) is 0 Å². The Kier molecular flexibility index (Phi) is 2.98. The molecule has 0 amide bonds. The van der Waals surface area contributed by atoms with Crippen molar-refractivity contribution in [2.24, 2.45) is 11.8 Å². The Hall–Kier alpha value is -0.260. The summed E-state index contributed by atoms with van der Waals surface area (Å²) in [6.45, 7) is 4.39. The summed E-state index contributed by atoms with van der Waals surface area (Å²) < 4.78 is 0. The highest BCUT2D eigenvalue weighted by atomic mass is 14.2. The van der Waals surface area contributed by atoms with Crippen molar-refractivity contribution >= 4 is 0 Å². The second kappa shape index (κ2) is 3.80. The molecule has 0 nitrogen and oxygen atoms in total. The van der Waals surface area contributed by atoms with Gasteiger partial charge in [0.15, 0.2) is 0 Å². The van der Waals surface area contributed by atoms with Crippen LogP contribution in [0.3, 0.4) is 0 Å². The first kappa shape index (κ1) is 7.84. The lowest BCUT2D eigenvalue weighted by molar-refractivity contribution is 0.401. The van der Waals surface area contributed by atoms with Crippen LogP contribution in [0.25, 0.3) is 0 Å². The lowest BCUT2D eigenvalue weighted by Crippen LogP contribution is -2.10. The van der Waals surface area contributed by atoms with E-state index in [0.717, 1.165) is 5.92 Å². The van der Waals surface area contributed by atoms with Crippen molar-refractivity contribution in [2.45, 2.75) is 33.1 Å². The summed E-state index contributed by atoms with van der Waals surface area (Å²) in [6, 6.07) is 0. The Balaban J connectivity index is 2.26. The monoisotopic (exact) mass is 136 g/mol. The highest BCUT2D eigenvalue weighted by molar-refractivity contribution is 4.96. The molecule has 1 fully saturated rings. The molecule has 0 heterocycles. The molecule has 1 aliphatic rings. The van der Waals surface area contributed by atoms with Crippen LogP contribution >= 0.6 is 0 Å². The van der Waals surface area contributed by atoms with E-state index in [2.05, 4.69) is 32.4 Å². The Morgan fingerprint density at radius 3 is 2.70 bits per heavy atom. The fraction of sp³-hybridized carbons (Fsp3) is 0.700. The molecule has 1 aliphatic carbocycles. The summed E-state index contributed by atoms with van der Waals surface area (Å²) >= 11 is 0. The first-order valence-corrected chi connectivity index (χ1v) is 4.19. The van der Waals surface area contributed by atoms with Gasteiger partial charge in [0.05, 0.1) is 0 Å². The van der Waals surface area contributed by atoms with E-state index in [4.69, 9.17) is 0 Å². The quantitative estimate of drug-likeness (QED) is 0.486. The minimum absolute atomic E-state index is 0.654. The fourth-order valence-electron chi connectivity index (χ4n) is 1.42. The minimum atomic E-state index is 0.654. The molecule has 2 unspecified atom stereocenters. The zero-order chi connectivity index (χ0) is 7.40. The maximum Gasteiger partial charge on any atom is -0.00963 e. The van der Waals surface area contributed by atoms with Gasteiger partial charge in [0.25, 0.3) is 0 Å². The molecule has 2 radical (unpaired) electrons. The zero-order valence-corrected chi connectivity index (χ0v) is 6.93. The summed E-state index contributed by atoms with van der Waals surface area (Å²) in [5.74, 6) is 1.53. The SMILES string of the molecule is CC=CC1[C]CC(C)CC1. The standard InChI is InChI=1S/C10H16/c1-3-4-10-7-5-9(2)6-8-10/h3-4,9-10H,5-7H2,1-2H3. The van der Waals surface area contributed by atoms with Crippen molar-refractivity contribution in [1.29, 1.82) is 0 Å². The van der Waals surface area contributed by atoms with Gasteiger partial charge in [-0.25, -0.2) is 0 Å². The molecule has 56 valence electrons. The molecule has 0 aromatic carbocycles. The van der Waals surface area contributed by atoms with Crippen molar-refractivity contribution in [2.75, 3.05) is 0 Å². The van der Waals surface area contributed by atoms with Crippen molar-refractivity contribution in [3.63, 3.8) is 0 Å². The normalized spacial score (nSPS) is 35.0. The van der Waals surface area contributed by atoms with Gasteiger partial charge in [0.2, 0.25) is 0 Å². The van der Waals surface area contributed by atoms with Crippen LogP contribution in [0.4, 0.5) is 0 Å². The van der Waals surface area contributed by atoms with Crippen LogP contribution in [-0.4, -0.2) is 0 Å². The molecular formula is C10H16. The fourth-order valence-corrected chi connectivity index (χ4v) is 1.42. The number of hydrogen-bond acceptors (Lipinski definition) is 0. The van der Waals surface area contributed by atoms with Gasteiger partial charge in [-0.1, -0.05) is 25.5 Å². The third kappa shape index (κ3) is 2.17. The van der Waals surface area contributed by atoms with E-state index in [0.29, 0.717) is 5.92 Å². The Labute approximate surface area is 64.3 Å². The first-order valence-electron chi connectivity index (χ1n) is 4.19. The molecule has 1 saturated carbocycles. The predicted molar refractivity (Wildman–Crippen MR) is 44.6 cm³/mol.